The van der Waals surface area contributed by atoms with Gasteiger partial charge in [0.25, 0.3) is 0 Å². The smallest absolute Gasteiger partial charge is 0.224 e. The molecule has 2 aromatic rings. The van der Waals surface area contributed by atoms with E-state index in [2.05, 4.69) is 64.3 Å². The summed E-state index contributed by atoms with van der Waals surface area (Å²) in [7, 11) is 0. The van der Waals surface area contributed by atoms with E-state index < -0.39 is 0 Å². The minimum Gasteiger partial charge on any atom is -0.368 e. The van der Waals surface area contributed by atoms with E-state index in [1.54, 1.807) is 0 Å². The van der Waals surface area contributed by atoms with E-state index in [1.165, 1.54) is 24.1 Å². The van der Waals surface area contributed by atoms with E-state index in [-0.39, 0.29) is 0 Å². The van der Waals surface area contributed by atoms with Gasteiger partial charge in [0.1, 0.15) is 5.82 Å². The fourth-order valence-electron chi connectivity index (χ4n) is 3.39. The van der Waals surface area contributed by atoms with Gasteiger partial charge in [-0.15, -0.1) is 0 Å². The molecule has 0 radical (unpaired) electrons. The number of hydrogen-bond acceptors (Lipinski definition) is 5. The summed E-state index contributed by atoms with van der Waals surface area (Å²) in [5.74, 6) is 1.80. The number of rotatable bonds is 7. The average Bonchev–Trinajstić information content (AvgIpc) is 2.65. The molecule has 1 aromatic heterocycles. The van der Waals surface area contributed by atoms with Gasteiger partial charge in [0.15, 0.2) is 0 Å². The summed E-state index contributed by atoms with van der Waals surface area (Å²) in [5, 5.41) is 3.38. The van der Waals surface area contributed by atoms with Crippen molar-refractivity contribution in [3.63, 3.8) is 0 Å². The first kappa shape index (κ1) is 18.5. The van der Waals surface area contributed by atoms with E-state index >= 15 is 0 Å². The van der Waals surface area contributed by atoms with Crippen LogP contribution < -0.4 is 15.1 Å². The van der Waals surface area contributed by atoms with Crippen LogP contribution >= 0.6 is 0 Å². The molecule has 0 spiro atoms. The molecule has 5 nitrogen and oxygen atoms in total. The van der Waals surface area contributed by atoms with Gasteiger partial charge in [0.2, 0.25) is 5.95 Å². The molecule has 3 rings (SSSR count). The number of benzene rings is 1. The van der Waals surface area contributed by atoms with Crippen LogP contribution in [0.25, 0.3) is 0 Å². The summed E-state index contributed by atoms with van der Waals surface area (Å²) in [6.45, 7) is 11.4. The summed E-state index contributed by atoms with van der Waals surface area (Å²) in [5.41, 5.74) is 3.66. The van der Waals surface area contributed by atoms with Gasteiger partial charge in [-0.1, -0.05) is 31.9 Å². The predicted molar refractivity (Wildman–Crippen MR) is 110 cm³/mol. The van der Waals surface area contributed by atoms with Gasteiger partial charge in [0, 0.05) is 50.2 Å². The van der Waals surface area contributed by atoms with Crippen molar-refractivity contribution in [2.24, 2.45) is 0 Å². The summed E-state index contributed by atoms with van der Waals surface area (Å²) < 4.78 is 0. The van der Waals surface area contributed by atoms with E-state index in [9.17, 15) is 0 Å². The van der Waals surface area contributed by atoms with Gasteiger partial charge in [0.05, 0.1) is 0 Å². The monoisotopic (exact) mass is 353 g/mol. The Bertz CT molecular complexity index is 707. The van der Waals surface area contributed by atoms with Crippen LogP contribution in [0.5, 0.6) is 0 Å². The largest absolute Gasteiger partial charge is 0.368 e. The maximum absolute atomic E-state index is 4.75. The van der Waals surface area contributed by atoms with Crippen LogP contribution in [-0.2, 0) is 0 Å². The van der Waals surface area contributed by atoms with Gasteiger partial charge in [-0.2, -0.15) is 4.98 Å². The lowest BCUT2D eigenvalue weighted by atomic mass is 10.2. The van der Waals surface area contributed by atoms with Gasteiger partial charge in [-0.3, -0.25) is 0 Å². The SMILES string of the molecule is CCCCCNc1nc(C)cc(N2CCN(c3cccc(C)c3)CC2)n1. The normalized spacial score (nSPS) is 14.6. The standard InChI is InChI=1S/C21H31N5/c1-4-5-6-10-22-21-23-18(3)16-20(24-21)26-13-11-25(12-14-26)19-9-7-8-17(2)15-19/h7-9,15-16H,4-6,10-14H2,1-3H3,(H,22,23,24). The molecule has 1 aromatic carbocycles. The molecule has 0 unspecified atom stereocenters. The second-order valence-corrected chi connectivity index (χ2v) is 7.14. The Balaban J connectivity index is 1.61. The molecule has 1 aliphatic heterocycles. The Morgan fingerprint density at radius 3 is 2.46 bits per heavy atom. The van der Waals surface area contributed by atoms with E-state index in [0.717, 1.165) is 56.6 Å². The lowest BCUT2D eigenvalue weighted by Crippen LogP contribution is -2.47. The molecule has 0 saturated carbocycles. The van der Waals surface area contributed by atoms with Gasteiger partial charge < -0.3 is 15.1 Å². The highest BCUT2D eigenvalue weighted by atomic mass is 15.3. The number of anilines is 3. The molecule has 1 fully saturated rings. The van der Waals surface area contributed by atoms with E-state index in [0.29, 0.717) is 0 Å². The van der Waals surface area contributed by atoms with Crippen molar-refractivity contribution in [2.75, 3.05) is 47.8 Å². The van der Waals surface area contributed by atoms with Crippen molar-refractivity contribution in [1.82, 2.24) is 9.97 Å². The Morgan fingerprint density at radius 1 is 0.962 bits per heavy atom. The third-order valence-electron chi connectivity index (χ3n) is 4.87. The number of piperazine rings is 1. The zero-order valence-corrected chi connectivity index (χ0v) is 16.3. The van der Waals surface area contributed by atoms with E-state index in [1.807, 2.05) is 6.92 Å². The van der Waals surface area contributed by atoms with Crippen LogP contribution in [0.4, 0.5) is 17.5 Å². The quantitative estimate of drug-likeness (QED) is 0.762. The highest BCUT2D eigenvalue weighted by Gasteiger charge is 2.19. The molecule has 0 atom stereocenters. The van der Waals surface area contributed by atoms with Crippen molar-refractivity contribution in [3.05, 3.63) is 41.6 Å². The molecule has 1 saturated heterocycles. The van der Waals surface area contributed by atoms with Crippen LogP contribution in [0.1, 0.15) is 37.4 Å². The van der Waals surface area contributed by atoms with Crippen LogP contribution in [0.2, 0.25) is 0 Å². The number of aromatic nitrogens is 2. The Labute approximate surface area is 157 Å². The highest BCUT2D eigenvalue weighted by molar-refractivity contribution is 5.52. The van der Waals surface area contributed by atoms with Crippen molar-refractivity contribution in [2.45, 2.75) is 40.0 Å². The molecular formula is C21H31N5. The first-order valence-electron chi connectivity index (χ1n) is 9.82. The zero-order valence-electron chi connectivity index (χ0n) is 16.3. The molecule has 0 bridgehead atoms. The molecule has 1 N–H and O–H groups in total. The molecule has 2 heterocycles. The first-order chi connectivity index (χ1) is 12.7. The molecule has 26 heavy (non-hydrogen) atoms. The summed E-state index contributed by atoms with van der Waals surface area (Å²) in [6.07, 6.45) is 3.64. The number of hydrogen-bond donors (Lipinski definition) is 1. The molecule has 0 amide bonds. The maximum Gasteiger partial charge on any atom is 0.224 e. The van der Waals surface area contributed by atoms with Crippen molar-refractivity contribution >= 4 is 17.5 Å². The Morgan fingerprint density at radius 2 is 1.73 bits per heavy atom. The number of nitrogens with one attached hydrogen (secondary N) is 1. The molecule has 5 heteroatoms. The lowest BCUT2D eigenvalue weighted by molar-refractivity contribution is 0.646. The third-order valence-corrected chi connectivity index (χ3v) is 4.87. The van der Waals surface area contributed by atoms with Crippen LogP contribution in [-0.4, -0.2) is 42.7 Å². The number of nitrogens with zero attached hydrogens (tertiary/aromatic N) is 4. The third kappa shape index (κ3) is 4.87. The van der Waals surface area contributed by atoms with Crippen molar-refractivity contribution < 1.29 is 0 Å². The fraction of sp³-hybridized carbons (Fsp3) is 0.524. The molecule has 140 valence electrons. The average molecular weight is 354 g/mol. The van der Waals surface area contributed by atoms with Crippen molar-refractivity contribution in [1.29, 1.82) is 0 Å². The van der Waals surface area contributed by atoms with Crippen LogP contribution in [0, 0.1) is 13.8 Å². The molecule has 1 aliphatic rings. The van der Waals surface area contributed by atoms with E-state index in [4.69, 9.17) is 4.98 Å². The second-order valence-electron chi connectivity index (χ2n) is 7.14. The van der Waals surface area contributed by atoms with Crippen LogP contribution in [0.3, 0.4) is 0 Å². The molecule has 0 aliphatic carbocycles. The number of aryl methyl sites for hydroxylation is 2. The lowest BCUT2D eigenvalue weighted by Gasteiger charge is -2.37. The first-order valence-corrected chi connectivity index (χ1v) is 9.82. The molecular weight excluding hydrogens is 322 g/mol. The second kappa shape index (κ2) is 8.88. The van der Waals surface area contributed by atoms with Gasteiger partial charge in [-0.05, 0) is 38.0 Å². The summed E-state index contributed by atoms with van der Waals surface area (Å²) >= 11 is 0. The Kier molecular flexibility index (Phi) is 6.31. The maximum atomic E-state index is 4.75. The minimum atomic E-state index is 0.761. The fourth-order valence-corrected chi connectivity index (χ4v) is 3.39. The summed E-state index contributed by atoms with van der Waals surface area (Å²) in [4.78, 5) is 14.1. The van der Waals surface area contributed by atoms with Crippen LogP contribution in [0.15, 0.2) is 30.3 Å². The van der Waals surface area contributed by atoms with Gasteiger partial charge >= 0.3 is 0 Å². The predicted octanol–water partition coefficient (Wildman–Crippen LogP) is 4.02. The summed E-state index contributed by atoms with van der Waals surface area (Å²) in [6, 6.07) is 10.9. The zero-order chi connectivity index (χ0) is 18.4. The topological polar surface area (TPSA) is 44.3 Å². The van der Waals surface area contributed by atoms with Crippen molar-refractivity contribution in [3.8, 4) is 0 Å². The Hall–Kier alpha value is -2.30. The minimum absolute atomic E-state index is 0.761. The van der Waals surface area contributed by atoms with Gasteiger partial charge in [-0.25, -0.2) is 4.98 Å². The number of unbranched alkanes of at least 4 members (excludes halogenated alkanes) is 2. The highest BCUT2D eigenvalue weighted by Crippen LogP contribution is 2.21.